The molecule has 0 bridgehead atoms. The summed E-state index contributed by atoms with van der Waals surface area (Å²) < 4.78 is 0.955. The van der Waals surface area contributed by atoms with Crippen LogP contribution in [0.2, 0.25) is 0 Å². The van der Waals surface area contributed by atoms with E-state index >= 15 is 0 Å². The van der Waals surface area contributed by atoms with Crippen LogP contribution in [0.1, 0.15) is 5.01 Å². The van der Waals surface area contributed by atoms with Crippen LogP contribution in [0, 0.1) is 0 Å². The zero-order valence-corrected chi connectivity index (χ0v) is 8.15. The van der Waals surface area contributed by atoms with Crippen LogP contribution in [0.25, 0.3) is 0 Å². The van der Waals surface area contributed by atoms with Crippen molar-refractivity contribution in [3.05, 3.63) is 15.0 Å². The quantitative estimate of drug-likeness (QED) is 0.766. The molecule has 0 spiro atoms. The summed E-state index contributed by atoms with van der Waals surface area (Å²) in [6.07, 6.45) is 2.08. The largest absolute Gasteiger partial charge is 0.233 e. The number of hydrogen-bond acceptors (Lipinski definition) is 3. The Bertz CT molecular complexity index is 187. The molecule has 0 atom stereocenters. The first-order valence-electron chi connectivity index (χ1n) is 2.42. The highest BCUT2D eigenvalue weighted by molar-refractivity contribution is 9.10. The van der Waals surface area contributed by atoms with Crippen molar-refractivity contribution in [2.24, 2.45) is 0 Å². The van der Waals surface area contributed by atoms with E-state index in [1.807, 2.05) is 5.38 Å². The molecule has 9 heavy (non-hydrogen) atoms. The number of thiazole rings is 1. The maximum atomic E-state index is 4.21. The molecule has 0 unspecified atom stereocenters. The summed E-state index contributed by atoms with van der Waals surface area (Å²) in [5, 5.41) is 3.19. The first kappa shape index (κ1) is 7.57. The van der Waals surface area contributed by atoms with E-state index in [0.29, 0.717) is 0 Å². The molecule has 50 valence electrons. The average molecular weight is 224 g/mol. The third-order valence-electron chi connectivity index (χ3n) is 0.792. The molecule has 0 amide bonds. The van der Waals surface area contributed by atoms with Gasteiger partial charge in [0.1, 0.15) is 9.61 Å². The minimum absolute atomic E-state index is 0.955. The molecular weight excluding hydrogens is 218 g/mol. The Hall–Kier alpha value is 0.460. The molecular formula is C5H6BrNS2. The Morgan fingerprint density at radius 3 is 3.11 bits per heavy atom. The molecule has 0 saturated heterocycles. The summed E-state index contributed by atoms with van der Waals surface area (Å²) in [4.78, 5) is 4.21. The van der Waals surface area contributed by atoms with Gasteiger partial charge in [0.05, 0.1) is 0 Å². The fraction of sp³-hybridized carbons (Fsp3) is 0.400. The molecule has 0 aliphatic carbocycles. The van der Waals surface area contributed by atoms with Gasteiger partial charge < -0.3 is 0 Å². The van der Waals surface area contributed by atoms with Gasteiger partial charge in [-0.1, -0.05) is 0 Å². The smallest absolute Gasteiger partial charge is 0.117 e. The monoisotopic (exact) mass is 223 g/mol. The maximum Gasteiger partial charge on any atom is 0.117 e. The maximum absolute atomic E-state index is 4.21. The second kappa shape index (κ2) is 3.58. The highest BCUT2D eigenvalue weighted by Gasteiger charge is 1.95. The van der Waals surface area contributed by atoms with Gasteiger partial charge in [-0.3, -0.25) is 0 Å². The molecule has 0 aromatic carbocycles. The number of thioether (sulfide) groups is 1. The van der Waals surface area contributed by atoms with E-state index in [2.05, 4.69) is 27.2 Å². The van der Waals surface area contributed by atoms with Crippen molar-refractivity contribution in [2.75, 3.05) is 6.26 Å². The van der Waals surface area contributed by atoms with Crippen molar-refractivity contribution < 1.29 is 0 Å². The normalized spacial score (nSPS) is 10.0. The zero-order valence-electron chi connectivity index (χ0n) is 4.93. The lowest BCUT2D eigenvalue weighted by atomic mass is 10.8. The van der Waals surface area contributed by atoms with Crippen molar-refractivity contribution in [1.29, 1.82) is 0 Å². The lowest BCUT2D eigenvalue weighted by molar-refractivity contribution is 1.24. The van der Waals surface area contributed by atoms with Gasteiger partial charge in [0.2, 0.25) is 0 Å². The highest BCUT2D eigenvalue weighted by atomic mass is 79.9. The standard InChI is InChI=1S/C5H6BrNS2/c1-8-3-5-7-4(6)2-9-5/h2H,3H2,1H3. The summed E-state index contributed by atoms with van der Waals surface area (Å²) in [6.45, 7) is 0. The number of aromatic nitrogens is 1. The molecule has 1 nitrogen and oxygen atoms in total. The predicted octanol–water partition coefficient (Wildman–Crippen LogP) is 2.77. The van der Waals surface area contributed by atoms with Crippen LogP contribution in [0.4, 0.5) is 0 Å². The Labute approximate surface area is 71.0 Å². The summed E-state index contributed by atoms with van der Waals surface area (Å²) in [7, 11) is 0. The second-order valence-electron chi connectivity index (χ2n) is 1.50. The molecule has 0 radical (unpaired) electrons. The van der Waals surface area contributed by atoms with Gasteiger partial charge in [-0.2, -0.15) is 11.8 Å². The van der Waals surface area contributed by atoms with E-state index in [1.54, 1.807) is 23.1 Å². The van der Waals surface area contributed by atoms with Crippen LogP contribution in [-0.4, -0.2) is 11.2 Å². The molecule has 1 aromatic heterocycles. The van der Waals surface area contributed by atoms with E-state index in [1.165, 1.54) is 5.01 Å². The molecule has 0 saturated carbocycles. The molecule has 1 rings (SSSR count). The van der Waals surface area contributed by atoms with E-state index in [9.17, 15) is 0 Å². The first-order chi connectivity index (χ1) is 4.33. The van der Waals surface area contributed by atoms with Crippen LogP contribution in [0.5, 0.6) is 0 Å². The van der Waals surface area contributed by atoms with Gasteiger partial charge in [-0.15, -0.1) is 11.3 Å². The molecule has 0 N–H and O–H groups in total. The number of nitrogens with zero attached hydrogens (tertiary/aromatic N) is 1. The topological polar surface area (TPSA) is 12.9 Å². The van der Waals surface area contributed by atoms with Gasteiger partial charge in [0, 0.05) is 11.1 Å². The van der Waals surface area contributed by atoms with Crippen molar-refractivity contribution in [2.45, 2.75) is 5.75 Å². The van der Waals surface area contributed by atoms with Crippen LogP contribution in [0.3, 0.4) is 0 Å². The predicted molar refractivity (Wildman–Crippen MR) is 47.0 cm³/mol. The van der Waals surface area contributed by atoms with Gasteiger partial charge in [-0.05, 0) is 22.2 Å². The van der Waals surface area contributed by atoms with Crippen molar-refractivity contribution in [3.63, 3.8) is 0 Å². The molecule has 1 heterocycles. The molecule has 0 aliphatic rings. The molecule has 4 heteroatoms. The second-order valence-corrected chi connectivity index (χ2v) is 4.12. The summed E-state index contributed by atoms with van der Waals surface area (Å²) in [5.74, 6) is 1.02. The van der Waals surface area contributed by atoms with Gasteiger partial charge in [-0.25, -0.2) is 4.98 Å². The summed E-state index contributed by atoms with van der Waals surface area (Å²) >= 11 is 6.78. The fourth-order valence-electron chi connectivity index (χ4n) is 0.478. The highest BCUT2D eigenvalue weighted by Crippen LogP contribution is 2.17. The van der Waals surface area contributed by atoms with E-state index in [0.717, 1.165) is 10.4 Å². The Kier molecular flexibility index (Phi) is 3.01. The lowest BCUT2D eigenvalue weighted by Crippen LogP contribution is -1.73. The number of rotatable bonds is 2. The Balaban J connectivity index is 2.61. The average Bonchev–Trinajstić information content (AvgIpc) is 2.17. The number of halogens is 1. The molecule has 0 fully saturated rings. The SMILES string of the molecule is CSCc1nc(Br)cs1. The molecule has 1 aromatic rings. The number of hydrogen-bond donors (Lipinski definition) is 0. The van der Waals surface area contributed by atoms with Crippen molar-refractivity contribution in [3.8, 4) is 0 Å². The fourth-order valence-corrected chi connectivity index (χ4v) is 2.46. The van der Waals surface area contributed by atoms with Crippen LogP contribution in [-0.2, 0) is 5.75 Å². The van der Waals surface area contributed by atoms with Gasteiger partial charge in [0.15, 0.2) is 0 Å². The van der Waals surface area contributed by atoms with Gasteiger partial charge >= 0.3 is 0 Å². The Morgan fingerprint density at radius 1 is 1.89 bits per heavy atom. The van der Waals surface area contributed by atoms with Crippen molar-refractivity contribution >= 4 is 39.0 Å². The lowest BCUT2D eigenvalue weighted by Gasteiger charge is -1.85. The minimum atomic E-state index is 0.955. The van der Waals surface area contributed by atoms with Crippen molar-refractivity contribution in [1.82, 2.24) is 4.98 Å². The summed E-state index contributed by atoms with van der Waals surface area (Å²) in [5.41, 5.74) is 0. The minimum Gasteiger partial charge on any atom is -0.233 e. The third-order valence-corrected chi connectivity index (χ3v) is 3.09. The Morgan fingerprint density at radius 2 is 2.67 bits per heavy atom. The van der Waals surface area contributed by atoms with Crippen LogP contribution in [0.15, 0.2) is 9.98 Å². The van der Waals surface area contributed by atoms with Gasteiger partial charge in [0.25, 0.3) is 0 Å². The zero-order chi connectivity index (χ0) is 6.69. The van der Waals surface area contributed by atoms with Crippen LogP contribution < -0.4 is 0 Å². The van der Waals surface area contributed by atoms with E-state index in [-0.39, 0.29) is 0 Å². The van der Waals surface area contributed by atoms with Crippen LogP contribution >= 0.6 is 39.0 Å². The van der Waals surface area contributed by atoms with E-state index in [4.69, 9.17) is 0 Å². The first-order valence-corrected chi connectivity index (χ1v) is 5.48. The summed E-state index contributed by atoms with van der Waals surface area (Å²) in [6, 6.07) is 0. The van der Waals surface area contributed by atoms with E-state index < -0.39 is 0 Å². The molecule has 0 aliphatic heterocycles. The third kappa shape index (κ3) is 2.27.